The number of carboxylic acid groups (broad SMARTS) is 1. The minimum absolute atomic E-state index is 0.209. The van der Waals surface area contributed by atoms with Crippen LogP contribution in [0.5, 0.6) is 0 Å². The van der Waals surface area contributed by atoms with Gasteiger partial charge in [0.1, 0.15) is 0 Å². The molecular weight excluding hydrogens is 569 g/mol. The van der Waals surface area contributed by atoms with Crippen LogP contribution >= 0.6 is 7.26 Å². The molecule has 0 amide bonds. The molecule has 0 radical (unpaired) electrons. The summed E-state index contributed by atoms with van der Waals surface area (Å²) in [6.45, 7) is 9.41. The number of anilines is 1. The zero-order chi connectivity index (χ0) is 33.4. The molecule has 0 aliphatic heterocycles. The zero-order valence-corrected chi connectivity index (χ0v) is 32.2. The Morgan fingerprint density at radius 1 is 0.533 bits per heavy atom. The average molecular weight is 648 g/mol. The summed E-state index contributed by atoms with van der Waals surface area (Å²) in [7, 11) is 3.01. The monoisotopic (exact) mass is 648 g/mol. The van der Waals surface area contributed by atoms with Gasteiger partial charge in [0.15, 0.2) is 0 Å². The second-order valence-corrected chi connectivity index (χ2v) is 18.5. The SMILES string of the molecule is CCCCCCCCCCCCCC[P+](CCCCCC)(CCCCCC)CCCCCC.CN(C)c1cccc(C(=O)[O-])c1. The van der Waals surface area contributed by atoms with Gasteiger partial charge in [-0.3, -0.25) is 0 Å². The highest BCUT2D eigenvalue weighted by Crippen LogP contribution is 2.61. The zero-order valence-electron chi connectivity index (χ0n) is 31.3. The smallest absolute Gasteiger partial charge is 0.0716 e. The number of hydrogen-bond acceptors (Lipinski definition) is 3. The van der Waals surface area contributed by atoms with Gasteiger partial charge in [-0.1, -0.05) is 143 Å². The first kappa shape index (κ1) is 43.9. The average Bonchev–Trinajstić information content (AvgIpc) is 3.04. The Hall–Kier alpha value is -1.08. The van der Waals surface area contributed by atoms with Crippen molar-refractivity contribution in [3.63, 3.8) is 0 Å². The Kier molecular flexibility index (Phi) is 30.8. The normalized spacial score (nSPS) is 11.3. The molecule has 0 aromatic heterocycles. The van der Waals surface area contributed by atoms with Crippen molar-refractivity contribution in [3.05, 3.63) is 29.8 Å². The van der Waals surface area contributed by atoms with Crippen LogP contribution in [0, 0.1) is 0 Å². The Bertz CT molecular complexity index is 749. The molecule has 1 aromatic carbocycles. The highest BCUT2D eigenvalue weighted by Gasteiger charge is 2.34. The molecule has 3 nitrogen and oxygen atoms in total. The quantitative estimate of drug-likeness (QED) is 0.0616. The summed E-state index contributed by atoms with van der Waals surface area (Å²) in [5, 5.41) is 10.4. The van der Waals surface area contributed by atoms with Gasteiger partial charge < -0.3 is 14.8 Å². The molecule has 0 spiro atoms. The van der Waals surface area contributed by atoms with E-state index in [1.807, 2.05) is 25.1 Å². The van der Waals surface area contributed by atoms with Crippen LogP contribution in [-0.2, 0) is 0 Å². The Balaban J connectivity index is 0.00000133. The van der Waals surface area contributed by atoms with Gasteiger partial charge in [-0.15, -0.1) is 0 Å². The first-order chi connectivity index (χ1) is 21.9. The molecule has 0 aliphatic carbocycles. The van der Waals surface area contributed by atoms with E-state index in [-0.39, 0.29) is 5.56 Å². The van der Waals surface area contributed by atoms with Crippen molar-refractivity contribution >= 4 is 18.9 Å². The van der Waals surface area contributed by atoms with E-state index in [4.69, 9.17) is 0 Å². The highest BCUT2D eigenvalue weighted by molar-refractivity contribution is 7.75. The lowest BCUT2D eigenvalue weighted by Gasteiger charge is -2.28. The van der Waals surface area contributed by atoms with E-state index in [1.54, 1.807) is 62.5 Å². The minimum atomic E-state index is -1.14. The summed E-state index contributed by atoms with van der Waals surface area (Å²) >= 11 is 0. The molecule has 1 aromatic rings. The van der Waals surface area contributed by atoms with E-state index in [1.165, 1.54) is 134 Å². The van der Waals surface area contributed by atoms with E-state index < -0.39 is 13.2 Å². The molecule has 4 heteroatoms. The number of benzene rings is 1. The van der Waals surface area contributed by atoms with Crippen LogP contribution < -0.4 is 10.0 Å². The Morgan fingerprint density at radius 3 is 1.16 bits per heavy atom. The van der Waals surface area contributed by atoms with Gasteiger partial charge >= 0.3 is 0 Å². The number of aromatic carboxylic acids is 1. The van der Waals surface area contributed by atoms with Crippen molar-refractivity contribution < 1.29 is 9.90 Å². The van der Waals surface area contributed by atoms with Crippen molar-refractivity contribution in [1.82, 2.24) is 0 Å². The fourth-order valence-corrected chi connectivity index (χ4v) is 11.4. The number of nitrogens with zero attached hydrogens (tertiary/aromatic N) is 1. The lowest BCUT2D eigenvalue weighted by molar-refractivity contribution is -0.255. The lowest BCUT2D eigenvalue weighted by atomic mass is 10.1. The minimum Gasteiger partial charge on any atom is -0.545 e. The predicted molar refractivity (Wildman–Crippen MR) is 205 cm³/mol. The van der Waals surface area contributed by atoms with Gasteiger partial charge in [-0.05, 0) is 69.1 Å². The fraction of sp³-hybridized carbons (Fsp3) is 0.829. The summed E-state index contributed by atoms with van der Waals surface area (Å²) < 4.78 is 0. The molecule has 0 saturated carbocycles. The molecule has 264 valence electrons. The second-order valence-electron chi connectivity index (χ2n) is 14.0. The third-order valence-electron chi connectivity index (χ3n) is 9.54. The largest absolute Gasteiger partial charge is 0.545 e. The number of rotatable bonds is 30. The van der Waals surface area contributed by atoms with Crippen molar-refractivity contribution in [2.75, 3.05) is 43.6 Å². The van der Waals surface area contributed by atoms with Gasteiger partial charge in [0.25, 0.3) is 0 Å². The maximum absolute atomic E-state index is 10.4. The third-order valence-corrected chi connectivity index (χ3v) is 14.6. The van der Waals surface area contributed by atoms with Crippen LogP contribution in [0.1, 0.15) is 192 Å². The molecule has 0 fully saturated rings. The van der Waals surface area contributed by atoms with E-state index in [0.717, 1.165) is 5.69 Å². The summed E-state index contributed by atoms with van der Waals surface area (Å²) in [6.07, 6.45) is 42.1. The van der Waals surface area contributed by atoms with Crippen molar-refractivity contribution in [3.8, 4) is 0 Å². The van der Waals surface area contributed by atoms with E-state index in [2.05, 4.69) is 27.7 Å². The second kappa shape index (κ2) is 31.5. The molecular formula is C41H78NO2P. The van der Waals surface area contributed by atoms with Gasteiger partial charge in [-0.2, -0.15) is 0 Å². The summed E-state index contributed by atoms with van der Waals surface area (Å²) in [4.78, 5) is 12.3. The lowest BCUT2D eigenvalue weighted by Crippen LogP contribution is -2.22. The van der Waals surface area contributed by atoms with E-state index in [9.17, 15) is 9.90 Å². The van der Waals surface area contributed by atoms with Crippen molar-refractivity contribution in [2.45, 2.75) is 182 Å². The Labute approximate surface area is 283 Å². The van der Waals surface area contributed by atoms with E-state index >= 15 is 0 Å². The molecule has 0 unspecified atom stereocenters. The van der Waals surface area contributed by atoms with E-state index in [0.29, 0.717) is 0 Å². The third kappa shape index (κ3) is 25.7. The molecule has 0 N–H and O–H groups in total. The standard InChI is InChI=1S/C32H68P.C9H11NO2/c1-5-9-13-17-18-19-20-21-22-23-24-28-32-33(29-25-14-10-6-2,30-26-15-11-7-3)31-27-16-12-8-4;1-10(2)8-5-3-4-7(6-8)9(11)12/h5-32H2,1-4H3;3-6H,1-2H3,(H,11,12)/q+1;/p-1. The van der Waals surface area contributed by atoms with Crippen LogP contribution in [0.2, 0.25) is 0 Å². The van der Waals surface area contributed by atoms with Crippen LogP contribution in [0.3, 0.4) is 0 Å². The molecule has 1 rings (SSSR count). The molecule has 0 heterocycles. The number of carbonyl (C=O) groups is 1. The van der Waals surface area contributed by atoms with Crippen LogP contribution in [0.4, 0.5) is 5.69 Å². The highest BCUT2D eigenvalue weighted by atomic mass is 31.2. The van der Waals surface area contributed by atoms with Crippen LogP contribution in [-0.4, -0.2) is 44.7 Å². The number of carboxylic acids is 1. The summed E-state index contributed by atoms with van der Waals surface area (Å²) in [5.74, 6) is -1.14. The fourth-order valence-electron chi connectivity index (χ4n) is 6.49. The molecule has 0 bridgehead atoms. The summed E-state index contributed by atoms with van der Waals surface area (Å²) in [6, 6.07) is 6.63. The van der Waals surface area contributed by atoms with Crippen LogP contribution in [0.15, 0.2) is 24.3 Å². The molecule has 0 atom stereocenters. The van der Waals surface area contributed by atoms with Crippen molar-refractivity contribution in [1.29, 1.82) is 0 Å². The maximum atomic E-state index is 10.4. The molecule has 0 saturated heterocycles. The molecule has 45 heavy (non-hydrogen) atoms. The van der Waals surface area contributed by atoms with Gasteiger partial charge in [-0.25, -0.2) is 0 Å². The Morgan fingerprint density at radius 2 is 0.844 bits per heavy atom. The maximum Gasteiger partial charge on any atom is 0.0716 e. The van der Waals surface area contributed by atoms with Gasteiger partial charge in [0, 0.05) is 27.0 Å². The van der Waals surface area contributed by atoms with Crippen LogP contribution in [0.25, 0.3) is 0 Å². The predicted octanol–water partition coefficient (Wildman–Crippen LogP) is 12.6. The summed E-state index contributed by atoms with van der Waals surface area (Å²) in [5.41, 5.74) is 1.07. The number of hydrogen-bond donors (Lipinski definition) is 0. The topological polar surface area (TPSA) is 43.4 Å². The first-order valence-electron chi connectivity index (χ1n) is 19.7. The number of unbranched alkanes of at least 4 members (excludes halogenated alkanes) is 20. The first-order valence-corrected chi connectivity index (χ1v) is 22.2. The van der Waals surface area contributed by atoms with Crippen molar-refractivity contribution in [2.24, 2.45) is 0 Å². The van der Waals surface area contributed by atoms with Gasteiger partial charge in [0.2, 0.25) is 0 Å². The number of carbonyl (C=O) groups excluding carboxylic acids is 1. The molecule has 0 aliphatic rings. The van der Waals surface area contributed by atoms with Gasteiger partial charge in [0.05, 0.1) is 30.6 Å².